The number of likely N-dealkylation sites (N-methyl/N-ethyl adjacent to an activating group) is 1. The van der Waals surface area contributed by atoms with Crippen molar-refractivity contribution in [3.05, 3.63) is 29.3 Å². The first-order valence-electron chi connectivity index (χ1n) is 6.04. The van der Waals surface area contributed by atoms with Crippen LogP contribution < -0.4 is 5.32 Å². The summed E-state index contributed by atoms with van der Waals surface area (Å²) in [5.74, 6) is 0.182. The maximum absolute atomic E-state index is 11.9. The number of hydrogen-bond acceptors (Lipinski definition) is 3. The number of amides is 2. The number of thioether (sulfide) groups is 1. The van der Waals surface area contributed by atoms with Crippen LogP contribution in [0.25, 0.3) is 0 Å². The molecule has 0 aliphatic rings. The van der Waals surface area contributed by atoms with E-state index in [0.717, 1.165) is 16.8 Å². The van der Waals surface area contributed by atoms with Gasteiger partial charge in [0.25, 0.3) is 0 Å². The Hall–Kier alpha value is -1.49. The van der Waals surface area contributed by atoms with Gasteiger partial charge < -0.3 is 10.2 Å². The Morgan fingerprint density at radius 2 is 2.00 bits per heavy atom. The highest BCUT2D eigenvalue weighted by atomic mass is 32.2. The van der Waals surface area contributed by atoms with Crippen LogP contribution in [0.5, 0.6) is 0 Å². The highest BCUT2D eigenvalue weighted by Crippen LogP contribution is 2.17. The molecule has 0 aromatic heterocycles. The van der Waals surface area contributed by atoms with Gasteiger partial charge in [-0.05, 0) is 37.3 Å². The van der Waals surface area contributed by atoms with Gasteiger partial charge in [0.15, 0.2) is 0 Å². The van der Waals surface area contributed by atoms with Crippen molar-refractivity contribution in [3.63, 3.8) is 0 Å². The van der Waals surface area contributed by atoms with E-state index in [2.05, 4.69) is 5.32 Å². The third-order valence-electron chi connectivity index (χ3n) is 2.95. The number of carbonyl (C=O) groups excluding carboxylic acids is 2. The Morgan fingerprint density at radius 1 is 1.32 bits per heavy atom. The van der Waals surface area contributed by atoms with Crippen LogP contribution in [0.15, 0.2) is 18.2 Å². The Morgan fingerprint density at radius 3 is 2.63 bits per heavy atom. The predicted octanol–water partition coefficient (Wildman–Crippen LogP) is 2.06. The molecule has 2 amide bonds. The van der Waals surface area contributed by atoms with Gasteiger partial charge in [-0.15, -0.1) is 0 Å². The minimum Gasteiger partial charge on any atom is -0.336 e. The topological polar surface area (TPSA) is 49.4 Å². The molecule has 19 heavy (non-hydrogen) atoms. The number of aryl methyl sites for hydroxylation is 1. The molecule has 0 saturated heterocycles. The van der Waals surface area contributed by atoms with Crippen LogP contribution in [0.4, 0.5) is 5.69 Å². The molecule has 0 radical (unpaired) electrons. The number of nitrogens with zero attached hydrogens (tertiary/aromatic N) is 1. The first-order valence-corrected chi connectivity index (χ1v) is 7.44. The summed E-state index contributed by atoms with van der Waals surface area (Å²) in [6.07, 6.45) is 1.86. The van der Waals surface area contributed by atoms with Crippen LogP contribution >= 0.6 is 11.8 Å². The number of nitrogens with one attached hydrogen (secondary N) is 1. The summed E-state index contributed by atoms with van der Waals surface area (Å²) in [5.41, 5.74) is 2.98. The normalized spacial score (nSPS) is 10.1. The highest BCUT2D eigenvalue weighted by molar-refractivity contribution is 7.99. The molecule has 0 aliphatic carbocycles. The van der Waals surface area contributed by atoms with Crippen LogP contribution in [0.2, 0.25) is 0 Å². The molecule has 1 aromatic carbocycles. The zero-order valence-electron chi connectivity index (χ0n) is 11.8. The maximum Gasteiger partial charge on any atom is 0.243 e. The number of benzene rings is 1. The van der Waals surface area contributed by atoms with Crippen molar-refractivity contribution in [1.29, 1.82) is 0 Å². The third-order valence-corrected chi connectivity index (χ3v) is 3.49. The summed E-state index contributed by atoms with van der Waals surface area (Å²) in [6, 6.07) is 5.77. The van der Waals surface area contributed by atoms with E-state index >= 15 is 0 Å². The standard InChI is InChI=1S/C14H20N2O2S/c1-10-6-5-7-12(11(10)2)15-13(17)8-16(3)14(18)9-19-4/h5-7H,8-9H2,1-4H3,(H,15,17). The average molecular weight is 280 g/mol. The molecule has 1 aromatic rings. The lowest BCUT2D eigenvalue weighted by molar-refractivity contribution is -0.131. The molecule has 0 unspecified atom stereocenters. The van der Waals surface area contributed by atoms with Gasteiger partial charge in [-0.1, -0.05) is 12.1 Å². The first kappa shape index (κ1) is 15.6. The Kier molecular flexibility index (Phi) is 5.89. The fourth-order valence-electron chi connectivity index (χ4n) is 1.61. The summed E-state index contributed by atoms with van der Waals surface area (Å²) in [5, 5.41) is 2.84. The van der Waals surface area contributed by atoms with Gasteiger partial charge in [0.2, 0.25) is 11.8 Å². The second-order valence-corrected chi connectivity index (χ2v) is 5.34. The Bertz CT molecular complexity index is 475. The quantitative estimate of drug-likeness (QED) is 0.898. The minimum atomic E-state index is -0.175. The summed E-state index contributed by atoms with van der Waals surface area (Å²) < 4.78 is 0. The second kappa shape index (κ2) is 7.19. The van der Waals surface area contributed by atoms with Crippen molar-refractivity contribution in [2.75, 3.05) is 30.9 Å². The summed E-state index contributed by atoms with van der Waals surface area (Å²) in [7, 11) is 1.64. The van der Waals surface area contributed by atoms with Gasteiger partial charge in [0.1, 0.15) is 0 Å². The summed E-state index contributed by atoms with van der Waals surface area (Å²) in [4.78, 5) is 24.9. The van der Waals surface area contributed by atoms with Gasteiger partial charge in [-0.25, -0.2) is 0 Å². The van der Waals surface area contributed by atoms with Crippen molar-refractivity contribution < 1.29 is 9.59 Å². The van der Waals surface area contributed by atoms with Crippen LogP contribution in [-0.4, -0.2) is 42.3 Å². The van der Waals surface area contributed by atoms with E-state index in [1.165, 1.54) is 16.7 Å². The summed E-state index contributed by atoms with van der Waals surface area (Å²) in [6.45, 7) is 4.04. The molecule has 5 heteroatoms. The van der Waals surface area contributed by atoms with Gasteiger partial charge >= 0.3 is 0 Å². The molecule has 0 heterocycles. The molecule has 0 bridgehead atoms. The van der Waals surface area contributed by atoms with E-state index < -0.39 is 0 Å². The lowest BCUT2D eigenvalue weighted by atomic mass is 10.1. The predicted molar refractivity (Wildman–Crippen MR) is 80.6 cm³/mol. The maximum atomic E-state index is 11.9. The fourth-order valence-corrected chi connectivity index (χ4v) is 2.08. The number of carbonyl (C=O) groups is 2. The van der Waals surface area contributed by atoms with Crippen molar-refractivity contribution in [2.45, 2.75) is 13.8 Å². The van der Waals surface area contributed by atoms with Crippen molar-refractivity contribution in [3.8, 4) is 0 Å². The third kappa shape index (κ3) is 4.59. The van der Waals surface area contributed by atoms with E-state index in [1.807, 2.05) is 38.3 Å². The second-order valence-electron chi connectivity index (χ2n) is 4.48. The van der Waals surface area contributed by atoms with Gasteiger partial charge in [-0.3, -0.25) is 9.59 Å². The van der Waals surface area contributed by atoms with E-state index in [1.54, 1.807) is 7.05 Å². The van der Waals surface area contributed by atoms with Crippen LogP contribution in [0, 0.1) is 13.8 Å². The van der Waals surface area contributed by atoms with E-state index in [9.17, 15) is 9.59 Å². The molecule has 0 fully saturated rings. The molecule has 4 nitrogen and oxygen atoms in total. The van der Waals surface area contributed by atoms with Crippen molar-refractivity contribution in [1.82, 2.24) is 4.90 Å². The lowest BCUT2D eigenvalue weighted by Crippen LogP contribution is -2.36. The van der Waals surface area contributed by atoms with Crippen LogP contribution in [0.3, 0.4) is 0 Å². The van der Waals surface area contributed by atoms with Gasteiger partial charge in [0, 0.05) is 12.7 Å². The fraction of sp³-hybridized carbons (Fsp3) is 0.429. The zero-order valence-corrected chi connectivity index (χ0v) is 12.6. The molecule has 0 spiro atoms. The lowest BCUT2D eigenvalue weighted by Gasteiger charge is -2.17. The van der Waals surface area contributed by atoms with E-state index in [4.69, 9.17) is 0 Å². The van der Waals surface area contributed by atoms with Crippen LogP contribution in [0.1, 0.15) is 11.1 Å². The average Bonchev–Trinajstić information content (AvgIpc) is 2.35. The van der Waals surface area contributed by atoms with Crippen LogP contribution in [-0.2, 0) is 9.59 Å². The number of rotatable bonds is 5. The van der Waals surface area contributed by atoms with Gasteiger partial charge in [-0.2, -0.15) is 11.8 Å². The van der Waals surface area contributed by atoms with E-state index in [-0.39, 0.29) is 18.4 Å². The number of hydrogen-bond donors (Lipinski definition) is 1. The zero-order chi connectivity index (χ0) is 14.4. The molecule has 1 rings (SSSR count). The Balaban J connectivity index is 2.60. The molecule has 0 aliphatic heterocycles. The molecular formula is C14H20N2O2S. The minimum absolute atomic E-state index is 0.0383. The van der Waals surface area contributed by atoms with Crippen molar-refractivity contribution in [2.24, 2.45) is 0 Å². The van der Waals surface area contributed by atoms with E-state index in [0.29, 0.717) is 5.75 Å². The molecule has 0 atom stereocenters. The molecular weight excluding hydrogens is 260 g/mol. The first-order chi connectivity index (χ1) is 8.95. The molecule has 104 valence electrons. The smallest absolute Gasteiger partial charge is 0.243 e. The molecule has 1 N–H and O–H groups in total. The SMILES string of the molecule is CSCC(=O)N(C)CC(=O)Nc1cccc(C)c1C. The monoisotopic (exact) mass is 280 g/mol. The van der Waals surface area contributed by atoms with Gasteiger partial charge in [0.05, 0.1) is 12.3 Å². The number of anilines is 1. The Labute approximate surface area is 118 Å². The highest BCUT2D eigenvalue weighted by Gasteiger charge is 2.13. The largest absolute Gasteiger partial charge is 0.336 e. The summed E-state index contributed by atoms with van der Waals surface area (Å²) >= 11 is 1.45. The molecule has 0 saturated carbocycles. The van der Waals surface area contributed by atoms with Crippen molar-refractivity contribution >= 4 is 29.3 Å².